The number of carbonyl (C=O) groups is 1. The van der Waals surface area contributed by atoms with Gasteiger partial charge in [-0.1, -0.05) is 18.2 Å². The van der Waals surface area contributed by atoms with Crippen LogP contribution in [0.15, 0.2) is 36.4 Å². The zero-order valence-corrected chi connectivity index (χ0v) is 13.6. The molecule has 0 fully saturated rings. The predicted molar refractivity (Wildman–Crippen MR) is 89.6 cm³/mol. The molecular formula is C18H21FN2O2. The van der Waals surface area contributed by atoms with E-state index in [0.717, 1.165) is 16.9 Å². The molecule has 2 aromatic rings. The number of ether oxygens (including phenoxy) is 1. The highest BCUT2D eigenvalue weighted by Crippen LogP contribution is 2.25. The fourth-order valence-corrected chi connectivity index (χ4v) is 2.21. The quantitative estimate of drug-likeness (QED) is 0.821. The minimum Gasteiger partial charge on any atom is -0.491 e. The highest BCUT2D eigenvalue weighted by Gasteiger charge is 2.07. The molecule has 2 N–H and O–H groups in total. The normalized spacial score (nSPS) is 10.3. The van der Waals surface area contributed by atoms with Crippen LogP contribution in [0.5, 0.6) is 5.75 Å². The van der Waals surface area contributed by atoms with E-state index in [-0.39, 0.29) is 0 Å². The smallest absolute Gasteiger partial charge is 0.319 e. The average molecular weight is 316 g/mol. The van der Waals surface area contributed by atoms with Crippen molar-refractivity contribution in [3.63, 3.8) is 0 Å². The van der Waals surface area contributed by atoms with Crippen molar-refractivity contribution in [2.24, 2.45) is 0 Å². The SMILES string of the molecule is Cc1ccc(C)c(OCCNC(=O)Nc2cccc(F)c2)c1C. The average Bonchev–Trinajstić information content (AvgIpc) is 2.50. The van der Waals surface area contributed by atoms with Gasteiger partial charge in [0.15, 0.2) is 0 Å². The molecule has 0 aliphatic heterocycles. The van der Waals surface area contributed by atoms with E-state index in [2.05, 4.69) is 16.7 Å². The van der Waals surface area contributed by atoms with Gasteiger partial charge in [-0.2, -0.15) is 0 Å². The van der Waals surface area contributed by atoms with Crippen LogP contribution in [0, 0.1) is 26.6 Å². The maximum absolute atomic E-state index is 13.0. The maximum atomic E-state index is 13.0. The summed E-state index contributed by atoms with van der Waals surface area (Å²) in [6.07, 6.45) is 0. The zero-order valence-electron chi connectivity index (χ0n) is 13.6. The number of benzene rings is 2. The minimum atomic E-state index is -0.392. The van der Waals surface area contributed by atoms with E-state index >= 15 is 0 Å². The predicted octanol–water partition coefficient (Wildman–Crippen LogP) is 3.95. The van der Waals surface area contributed by atoms with Gasteiger partial charge in [-0.15, -0.1) is 0 Å². The van der Waals surface area contributed by atoms with Crippen LogP contribution in [0.1, 0.15) is 16.7 Å². The van der Waals surface area contributed by atoms with Gasteiger partial charge in [0.05, 0.1) is 6.54 Å². The van der Waals surface area contributed by atoms with Crippen molar-refractivity contribution in [2.45, 2.75) is 20.8 Å². The number of amides is 2. The van der Waals surface area contributed by atoms with Crippen LogP contribution >= 0.6 is 0 Å². The molecule has 4 nitrogen and oxygen atoms in total. The summed E-state index contributed by atoms with van der Waals surface area (Å²) in [6, 6.07) is 9.43. The molecule has 0 aliphatic rings. The van der Waals surface area contributed by atoms with Crippen molar-refractivity contribution in [1.82, 2.24) is 5.32 Å². The van der Waals surface area contributed by atoms with Crippen molar-refractivity contribution in [2.75, 3.05) is 18.5 Å². The first-order valence-electron chi connectivity index (χ1n) is 7.47. The molecule has 5 heteroatoms. The van der Waals surface area contributed by atoms with Crippen LogP contribution in [-0.2, 0) is 0 Å². The molecule has 0 saturated carbocycles. The first-order valence-corrected chi connectivity index (χ1v) is 7.47. The first kappa shape index (κ1) is 16.8. The number of aryl methyl sites for hydroxylation is 2. The van der Waals surface area contributed by atoms with Gasteiger partial charge in [0.25, 0.3) is 0 Å². The summed E-state index contributed by atoms with van der Waals surface area (Å²) in [4.78, 5) is 11.7. The molecule has 0 spiro atoms. The van der Waals surface area contributed by atoms with Gasteiger partial charge >= 0.3 is 6.03 Å². The van der Waals surface area contributed by atoms with E-state index in [1.807, 2.05) is 26.8 Å². The second-order valence-corrected chi connectivity index (χ2v) is 5.39. The minimum absolute atomic E-state index is 0.355. The monoisotopic (exact) mass is 316 g/mol. The zero-order chi connectivity index (χ0) is 16.8. The molecule has 0 saturated heterocycles. The van der Waals surface area contributed by atoms with Crippen LogP contribution in [-0.4, -0.2) is 19.2 Å². The summed E-state index contributed by atoms with van der Waals surface area (Å²) in [7, 11) is 0. The van der Waals surface area contributed by atoms with E-state index < -0.39 is 11.8 Å². The van der Waals surface area contributed by atoms with Gasteiger partial charge in [0.2, 0.25) is 0 Å². The number of halogens is 1. The number of carbonyl (C=O) groups excluding carboxylic acids is 1. The molecule has 0 atom stereocenters. The Morgan fingerprint density at radius 1 is 1.13 bits per heavy atom. The molecule has 122 valence electrons. The van der Waals surface area contributed by atoms with Crippen LogP contribution < -0.4 is 15.4 Å². The molecule has 0 heterocycles. The number of nitrogens with one attached hydrogen (secondary N) is 2. The number of hydrogen-bond acceptors (Lipinski definition) is 2. The summed E-state index contributed by atoms with van der Waals surface area (Å²) >= 11 is 0. The van der Waals surface area contributed by atoms with E-state index in [9.17, 15) is 9.18 Å². The summed E-state index contributed by atoms with van der Waals surface area (Å²) in [6.45, 7) is 6.76. The Kier molecular flexibility index (Phi) is 5.57. The number of anilines is 1. The third-order valence-corrected chi connectivity index (χ3v) is 3.59. The second-order valence-electron chi connectivity index (χ2n) is 5.39. The maximum Gasteiger partial charge on any atom is 0.319 e. The fourth-order valence-electron chi connectivity index (χ4n) is 2.21. The number of urea groups is 1. The lowest BCUT2D eigenvalue weighted by Crippen LogP contribution is -2.32. The van der Waals surface area contributed by atoms with E-state index in [1.54, 1.807) is 6.07 Å². The van der Waals surface area contributed by atoms with Crippen molar-refractivity contribution in [3.05, 3.63) is 58.9 Å². The Bertz CT molecular complexity index is 701. The molecular weight excluding hydrogens is 295 g/mol. The third-order valence-electron chi connectivity index (χ3n) is 3.59. The summed E-state index contributed by atoms with van der Waals surface area (Å²) in [5.41, 5.74) is 3.75. The molecule has 2 aromatic carbocycles. The highest BCUT2D eigenvalue weighted by atomic mass is 19.1. The third kappa shape index (κ3) is 4.71. The van der Waals surface area contributed by atoms with Crippen LogP contribution in [0.3, 0.4) is 0 Å². The Morgan fingerprint density at radius 2 is 1.87 bits per heavy atom. The first-order chi connectivity index (χ1) is 11.0. The van der Waals surface area contributed by atoms with Crippen molar-refractivity contribution >= 4 is 11.7 Å². The van der Waals surface area contributed by atoms with E-state index in [1.165, 1.54) is 23.8 Å². The lowest BCUT2D eigenvalue weighted by atomic mass is 10.1. The number of rotatable bonds is 5. The van der Waals surface area contributed by atoms with Crippen LogP contribution in [0.2, 0.25) is 0 Å². The Hall–Kier alpha value is -2.56. The summed E-state index contributed by atoms with van der Waals surface area (Å²) in [5.74, 6) is 0.467. The Morgan fingerprint density at radius 3 is 2.61 bits per heavy atom. The molecule has 23 heavy (non-hydrogen) atoms. The van der Waals surface area contributed by atoms with Crippen LogP contribution in [0.25, 0.3) is 0 Å². The van der Waals surface area contributed by atoms with Gasteiger partial charge < -0.3 is 15.4 Å². The van der Waals surface area contributed by atoms with Crippen molar-refractivity contribution < 1.29 is 13.9 Å². The Labute approximate surface area is 135 Å². The van der Waals surface area contributed by atoms with Gasteiger partial charge in [-0.25, -0.2) is 9.18 Å². The van der Waals surface area contributed by atoms with Gasteiger partial charge in [-0.05, 0) is 55.7 Å². The molecule has 0 radical (unpaired) electrons. The van der Waals surface area contributed by atoms with Crippen molar-refractivity contribution in [3.8, 4) is 5.75 Å². The van der Waals surface area contributed by atoms with E-state index in [4.69, 9.17) is 4.74 Å². The lowest BCUT2D eigenvalue weighted by molar-refractivity contribution is 0.247. The molecule has 0 aliphatic carbocycles. The summed E-state index contributed by atoms with van der Waals surface area (Å²) < 4.78 is 18.8. The van der Waals surface area contributed by atoms with Gasteiger partial charge in [-0.3, -0.25) is 0 Å². The molecule has 0 unspecified atom stereocenters. The topological polar surface area (TPSA) is 50.4 Å². The second kappa shape index (κ2) is 7.63. The standard InChI is InChI=1S/C18H21FN2O2/c1-12-7-8-13(2)17(14(12)3)23-10-9-20-18(22)21-16-6-4-5-15(19)11-16/h4-8,11H,9-10H2,1-3H3,(H2,20,21,22). The molecule has 2 amide bonds. The number of hydrogen-bond donors (Lipinski definition) is 2. The van der Waals surface area contributed by atoms with Crippen molar-refractivity contribution in [1.29, 1.82) is 0 Å². The lowest BCUT2D eigenvalue weighted by Gasteiger charge is -2.14. The Balaban J connectivity index is 1.79. The van der Waals surface area contributed by atoms with Crippen LogP contribution in [0.4, 0.5) is 14.9 Å². The van der Waals surface area contributed by atoms with E-state index in [0.29, 0.717) is 18.8 Å². The van der Waals surface area contributed by atoms with Gasteiger partial charge in [0.1, 0.15) is 18.2 Å². The highest BCUT2D eigenvalue weighted by molar-refractivity contribution is 5.89. The van der Waals surface area contributed by atoms with Gasteiger partial charge in [0, 0.05) is 5.69 Å². The largest absolute Gasteiger partial charge is 0.491 e. The molecule has 0 aromatic heterocycles. The molecule has 0 bridgehead atoms. The molecule has 2 rings (SSSR count). The summed E-state index contributed by atoms with van der Waals surface area (Å²) in [5, 5.41) is 5.24. The fraction of sp³-hybridized carbons (Fsp3) is 0.278.